The van der Waals surface area contributed by atoms with Crippen molar-refractivity contribution in [3.63, 3.8) is 0 Å². The van der Waals surface area contributed by atoms with E-state index in [9.17, 15) is 13.2 Å². The van der Waals surface area contributed by atoms with Crippen molar-refractivity contribution in [3.8, 4) is 0 Å². The van der Waals surface area contributed by atoms with Gasteiger partial charge in [0.1, 0.15) is 0 Å². The van der Waals surface area contributed by atoms with Gasteiger partial charge >= 0.3 is 6.36 Å². The lowest BCUT2D eigenvalue weighted by Crippen LogP contribution is -2.24. The number of alkyl halides is 3. The van der Waals surface area contributed by atoms with Crippen LogP contribution < -0.4 is 0 Å². The molecular weight excluding hydrogens is 758 g/mol. The molecule has 368 valence electrons. The Bertz CT molecular complexity index is 705. The maximum absolute atomic E-state index is 11.3. The van der Waals surface area contributed by atoms with Crippen LogP contribution in [0.4, 0.5) is 13.2 Å². The SMILES string of the molecule is CC(C)CCOC(C)C.CC(C)CCOC(F)(F)F.CCOCCC(C)C.COC(C)(C)CC(C)C.COC(C)CC(C)C.COCCC(C)C.COCCCC(C)C. The molecule has 0 aliphatic rings. The molecule has 7 nitrogen and oxygen atoms in total. The number of methoxy groups -OCH3 is 4. The lowest BCUT2D eigenvalue weighted by Gasteiger charge is -2.24. The molecular formula is C49H109F3O7. The zero-order valence-electron chi connectivity index (χ0n) is 44.1. The maximum atomic E-state index is 11.3. The van der Waals surface area contributed by atoms with E-state index in [1.165, 1.54) is 32.1 Å². The molecule has 0 aliphatic carbocycles. The lowest BCUT2D eigenvalue weighted by atomic mass is 9.96. The van der Waals surface area contributed by atoms with Crippen molar-refractivity contribution < 1.29 is 46.3 Å². The monoisotopic (exact) mass is 867 g/mol. The average molecular weight is 867 g/mol. The molecule has 0 saturated carbocycles. The van der Waals surface area contributed by atoms with Crippen LogP contribution in [0.2, 0.25) is 0 Å². The van der Waals surface area contributed by atoms with Gasteiger partial charge in [0.15, 0.2) is 0 Å². The van der Waals surface area contributed by atoms with Crippen LogP contribution in [0.15, 0.2) is 0 Å². The van der Waals surface area contributed by atoms with Gasteiger partial charge in [0.25, 0.3) is 0 Å². The molecule has 59 heavy (non-hydrogen) atoms. The summed E-state index contributed by atoms with van der Waals surface area (Å²) in [5.74, 6) is 4.88. The van der Waals surface area contributed by atoms with Crippen molar-refractivity contribution in [1.82, 2.24) is 0 Å². The Morgan fingerprint density at radius 3 is 1.14 bits per heavy atom. The van der Waals surface area contributed by atoms with Crippen LogP contribution in [0.3, 0.4) is 0 Å². The predicted molar refractivity (Wildman–Crippen MR) is 252 cm³/mol. The van der Waals surface area contributed by atoms with E-state index in [-0.39, 0.29) is 18.1 Å². The normalized spacial score (nSPS) is 11.8. The highest BCUT2D eigenvalue weighted by molar-refractivity contribution is 4.68. The molecule has 0 heterocycles. The summed E-state index contributed by atoms with van der Waals surface area (Å²) in [6.07, 6.45) is 5.12. The quantitative estimate of drug-likeness (QED) is 0.0896. The summed E-state index contributed by atoms with van der Waals surface area (Å²) >= 11 is 0. The van der Waals surface area contributed by atoms with Crippen LogP contribution in [0.1, 0.15) is 190 Å². The molecule has 0 N–H and O–H groups in total. The van der Waals surface area contributed by atoms with Crippen LogP contribution in [0.5, 0.6) is 0 Å². The highest BCUT2D eigenvalue weighted by Crippen LogP contribution is 2.18. The Morgan fingerprint density at radius 2 is 0.881 bits per heavy atom. The third kappa shape index (κ3) is 108. The summed E-state index contributed by atoms with van der Waals surface area (Å²) in [6, 6.07) is 0. The van der Waals surface area contributed by atoms with E-state index in [1.807, 2.05) is 20.8 Å². The minimum atomic E-state index is -4.46. The summed E-state index contributed by atoms with van der Waals surface area (Å²) in [6.45, 7) is 47.0. The minimum Gasteiger partial charge on any atom is -0.385 e. The van der Waals surface area contributed by atoms with Crippen LogP contribution >= 0.6 is 0 Å². The van der Waals surface area contributed by atoms with E-state index in [4.69, 9.17) is 28.4 Å². The molecule has 0 radical (unpaired) electrons. The lowest BCUT2D eigenvalue weighted by molar-refractivity contribution is -0.325. The third-order valence-corrected chi connectivity index (χ3v) is 7.84. The van der Waals surface area contributed by atoms with Gasteiger partial charge in [0.05, 0.1) is 24.4 Å². The molecule has 0 rings (SSSR count). The number of ether oxygens (including phenoxy) is 7. The first-order valence-electron chi connectivity index (χ1n) is 23.0. The van der Waals surface area contributed by atoms with Crippen LogP contribution in [0, 0.1) is 41.4 Å². The molecule has 0 aromatic heterocycles. The Morgan fingerprint density at radius 1 is 0.475 bits per heavy atom. The summed E-state index contributed by atoms with van der Waals surface area (Å²) < 4.78 is 67.9. The Kier molecular flexibility index (Phi) is 64.1. The van der Waals surface area contributed by atoms with E-state index in [1.54, 1.807) is 28.4 Å². The zero-order chi connectivity index (χ0) is 48.0. The maximum Gasteiger partial charge on any atom is 0.522 e. The Balaban J connectivity index is -0.000000107. The highest BCUT2D eigenvalue weighted by atomic mass is 19.4. The second-order valence-electron chi connectivity index (χ2n) is 18.9. The van der Waals surface area contributed by atoms with E-state index in [0.717, 1.165) is 81.4 Å². The first-order chi connectivity index (χ1) is 27.0. The molecule has 10 heteroatoms. The van der Waals surface area contributed by atoms with Crippen molar-refractivity contribution >= 4 is 0 Å². The number of hydrogen-bond donors (Lipinski definition) is 0. The number of halogens is 3. The van der Waals surface area contributed by atoms with Gasteiger partial charge in [-0.3, -0.25) is 4.74 Å². The predicted octanol–water partition coefficient (Wildman–Crippen LogP) is 15.4. The molecule has 0 amide bonds. The molecule has 0 spiro atoms. The first kappa shape index (κ1) is 72.9. The first-order valence-corrected chi connectivity index (χ1v) is 23.0. The molecule has 0 fully saturated rings. The van der Waals surface area contributed by atoms with E-state index < -0.39 is 6.36 Å². The summed E-state index contributed by atoms with van der Waals surface area (Å²) in [4.78, 5) is 0. The van der Waals surface area contributed by atoms with Crippen LogP contribution in [-0.2, 0) is 33.2 Å². The number of rotatable bonds is 24. The van der Waals surface area contributed by atoms with Gasteiger partial charge in [-0.25, -0.2) is 0 Å². The number of hydrogen-bond acceptors (Lipinski definition) is 7. The molecule has 0 bridgehead atoms. The van der Waals surface area contributed by atoms with Crippen molar-refractivity contribution in [2.75, 3.05) is 68.1 Å². The standard InChI is InChI=1S/2C8H18O.3C7H16O.C6H11F3O.C6H14O/c1-7(2)6-8(3,4)9-5;1-7(2)5-6-9-8(3)4;1-6(2)5-7(3)8-4;1-7(2)5-4-6-8-3;1-4-8-6-5-7(2)3;1-5(2)3-4-10-6(7,8)9;1-6(2)4-5-7-3/h7H,6H2,1-5H3;7-8H,5-6H2,1-4H3;6-7H,5H2,1-4H3;2*7H,4-6H2,1-3H3;5H,3-4H2,1-2H3;6H,4-5H2,1-3H3. The molecule has 1 unspecified atom stereocenters. The van der Waals surface area contributed by atoms with Crippen molar-refractivity contribution in [1.29, 1.82) is 0 Å². The van der Waals surface area contributed by atoms with Gasteiger partial charge in [-0.05, 0) is 134 Å². The Labute approximate surface area is 369 Å². The smallest absolute Gasteiger partial charge is 0.385 e. The summed E-state index contributed by atoms with van der Waals surface area (Å²) in [5, 5.41) is 0. The molecule has 0 saturated heterocycles. The van der Waals surface area contributed by atoms with Crippen LogP contribution in [0.25, 0.3) is 0 Å². The van der Waals surface area contributed by atoms with Crippen molar-refractivity contribution in [3.05, 3.63) is 0 Å². The average Bonchev–Trinajstić information content (AvgIpc) is 3.07. The van der Waals surface area contributed by atoms with E-state index in [2.05, 4.69) is 122 Å². The fourth-order valence-electron chi connectivity index (χ4n) is 4.23. The molecule has 0 aromatic rings. The largest absolute Gasteiger partial charge is 0.522 e. The highest BCUT2D eigenvalue weighted by Gasteiger charge is 2.28. The second-order valence-corrected chi connectivity index (χ2v) is 18.9. The van der Waals surface area contributed by atoms with Crippen molar-refractivity contribution in [2.24, 2.45) is 41.4 Å². The van der Waals surface area contributed by atoms with Gasteiger partial charge in [0.2, 0.25) is 0 Å². The van der Waals surface area contributed by atoms with Gasteiger partial charge in [-0.1, -0.05) is 96.9 Å². The Hall–Kier alpha value is -0.490. The minimum absolute atomic E-state index is 0.0637. The molecule has 1 atom stereocenters. The zero-order valence-corrected chi connectivity index (χ0v) is 44.1. The molecule has 0 aromatic carbocycles. The summed E-state index contributed by atoms with van der Waals surface area (Å²) in [5.41, 5.74) is 0.0637. The summed E-state index contributed by atoms with van der Waals surface area (Å²) in [7, 11) is 7.01. The van der Waals surface area contributed by atoms with E-state index >= 15 is 0 Å². The fourth-order valence-corrected chi connectivity index (χ4v) is 4.23. The van der Waals surface area contributed by atoms with E-state index in [0.29, 0.717) is 18.6 Å². The fraction of sp³-hybridized carbons (Fsp3) is 1.00. The van der Waals surface area contributed by atoms with Crippen molar-refractivity contribution in [2.45, 2.75) is 214 Å². The van der Waals surface area contributed by atoms with Crippen LogP contribution in [-0.4, -0.2) is 92.3 Å². The van der Waals surface area contributed by atoms with Gasteiger partial charge < -0.3 is 28.4 Å². The molecule has 0 aliphatic heterocycles. The van der Waals surface area contributed by atoms with Gasteiger partial charge in [-0.15, -0.1) is 13.2 Å². The van der Waals surface area contributed by atoms with Gasteiger partial charge in [0, 0.05) is 61.5 Å². The third-order valence-electron chi connectivity index (χ3n) is 7.84. The van der Waals surface area contributed by atoms with Gasteiger partial charge in [-0.2, -0.15) is 0 Å². The topological polar surface area (TPSA) is 64.6 Å². The second kappa shape index (κ2) is 51.9.